The Balaban J connectivity index is 1.17. The van der Waals surface area contributed by atoms with Gasteiger partial charge in [0.1, 0.15) is 11.9 Å². The number of aromatic nitrogens is 1. The number of hydrogen-bond acceptors (Lipinski definition) is 4. The SMILES string of the molecule is Cc1cc(CCC(=O)N2CCC(N3CCC(Oc4ccncc4)CC3)CC2)ccc1Cl. The van der Waals surface area contributed by atoms with Crippen LogP contribution in [0.5, 0.6) is 5.75 Å². The van der Waals surface area contributed by atoms with Crippen molar-refractivity contribution in [3.8, 4) is 5.75 Å². The van der Waals surface area contributed by atoms with Gasteiger partial charge in [0.25, 0.3) is 0 Å². The zero-order valence-electron chi connectivity index (χ0n) is 18.3. The van der Waals surface area contributed by atoms with Crippen molar-refractivity contribution < 1.29 is 9.53 Å². The number of rotatable bonds is 6. The molecule has 0 bridgehead atoms. The average molecular weight is 442 g/mol. The highest BCUT2D eigenvalue weighted by molar-refractivity contribution is 6.31. The van der Waals surface area contributed by atoms with Crippen LogP contribution < -0.4 is 4.74 Å². The summed E-state index contributed by atoms with van der Waals surface area (Å²) in [5.41, 5.74) is 2.25. The van der Waals surface area contributed by atoms with E-state index in [0.29, 0.717) is 12.5 Å². The fourth-order valence-electron chi connectivity index (χ4n) is 4.72. The van der Waals surface area contributed by atoms with Crippen LogP contribution in [0.15, 0.2) is 42.7 Å². The number of carbonyl (C=O) groups excluding carboxylic acids is 1. The number of amides is 1. The number of ether oxygens (including phenoxy) is 1. The summed E-state index contributed by atoms with van der Waals surface area (Å²) >= 11 is 6.10. The molecule has 6 heteroatoms. The van der Waals surface area contributed by atoms with Crippen molar-refractivity contribution in [2.45, 2.75) is 57.6 Å². The average Bonchev–Trinajstić information content (AvgIpc) is 2.81. The van der Waals surface area contributed by atoms with E-state index in [-0.39, 0.29) is 12.0 Å². The Labute approximate surface area is 190 Å². The van der Waals surface area contributed by atoms with Crippen LogP contribution in [0.1, 0.15) is 43.2 Å². The third-order valence-corrected chi connectivity index (χ3v) is 7.04. The molecule has 1 aromatic carbocycles. The number of likely N-dealkylation sites (tertiary alicyclic amines) is 2. The normalized spacial score (nSPS) is 18.8. The van der Waals surface area contributed by atoms with E-state index in [1.807, 2.05) is 31.2 Å². The number of pyridine rings is 1. The molecule has 3 heterocycles. The highest BCUT2D eigenvalue weighted by atomic mass is 35.5. The quantitative estimate of drug-likeness (QED) is 0.661. The number of aryl methyl sites for hydroxylation is 2. The van der Waals surface area contributed by atoms with Gasteiger partial charge < -0.3 is 9.64 Å². The maximum Gasteiger partial charge on any atom is 0.222 e. The molecule has 1 aromatic heterocycles. The number of carbonyl (C=O) groups is 1. The maximum atomic E-state index is 12.7. The lowest BCUT2D eigenvalue weighted by Gasteiger charge is -2.41. The predicted octanol–water partition coefficient (Wildman–Crippen LogP) is 4.51. The van der Waals surface area contributed by atoms with Gasteiger partial charge in [-0.3, -0.25) is 14.7 Å². The zero-order valence-corrected chi connectivity index (χ0v) is 19.1. The minimum atomic E-state index is 0.274. The van der Waals surface area contributed by atoms with Gasteiger partial charge in [-0.15, -0.1) is 0 Å². The molecule has 0 N–H and O–H groups in total. The van der Waals surface area contributed by atoms with E-state index >= 15 is 0 Å². The molecule has 0 spiro atoms. The van der Waals surface area contributed by atoms with Crippen LogP contribution in [-0.2, 0) is 11.2 Å². The number of hydrogen-bond donors (Lipinski definition) is 0. The molecule has 2 fully saturated rings. The largest absolute Gasteiger partial charge is 0.490 e. The second-order valence-electron chi connectivity index (χ2n) is 8.73. The molecule has 0 radical (unpaired) electrons. The third-order valence-electron chi connectivity index (χ3n) is 6.61. The van der Waals surface area contributed by atoms with Gasteiger partial charge in [-0.1, -0.05) is 23.7 Å². The van der Waals surface area contributed by atoms with Gasteiger partial charge in [-0.05, 0) is 68.4 Å². The number of nitrogens with zero attached hydrogens (tertiary/aromatic N) is 3. The van der Waals surface area contributed by atoms with Gasteiger partial charge in [-0.25, -0.2) is 0 Å². The van der Waals surface area contributed by atoms with Gasteiger partial charge in [0.2, 0.25) is 5.91 Å². The Hall–Kier alpha value is -2.11. The molecule has 0 unspecified atom stereocenters. The summed E-state index contributed by atoms with van der Waals surface area (Å²) in [4.78, 5) is 21.4. The molecule has 2 aliphatic rings. The Morgan fingerprint density at radius 2 is 1.77 bits per heavy atom. The summed E-state index contributed by atoms with van der Waals surface area (Å²) < 4.78 is 6.09. The van der Waals surface area contributed by atoms with Crippen molar-refractivity contribution in [2.75, 3.05) is 26.2 Å². The Morgan fingerprint density at radius 3 is 2.45 bits per heavy atom. The van der Waals surface area contributed by atoms with Gasteiger partial charge in [-0.2, -0.15) is 0 Å². The summed E-state index contributed by atoms with van der Waals surface area (Å²) in [5.74, 6) is 1.18. The molecule has 0 atom stereocenters. The minimum absolute atomic E-state index is 0.274. The molecule has 2 aliphatic heterocycles. The first kappa shape index (κ1) is 22.1. The van der Waals surface area contributed by atoms with Gasteiger partial charge >= 0.3 is 0 Å². The van der Waals surface area contributed by atoms with E-state index in [2.05, 4.69) is 20.9 Å². The summed E-state index contributed by atoms with van der Waals surface area (Å²) in [5, 5.41) is 0.783. The van der Waals surface area contributed by atoms with Gasteiger partial charge in [0, 0.05) is 56.1 Å². The summed E-state index contributed by atoms with van der Waals surface area (Å²) in [6, 6.07) is 10.5. The van der Waals surface area contributed by atoms with Crippen LogP contribution >= 0.6 is 11.6 Å². The summed E-state index contributed by atoms with van der Waals surface area (Å²) in [6.45, 7) is 5.90. The van der Waals surface area contributed by atoms with Crippen LogP contribution in [0.25, 0.3) is 0 Å². The molecule has 4 rings (SSSR count). The topological polar surface area (TPSA) is 45.7 Å². The van der Waals surface area contributed by atoms with Crippen molar-refractivity contribution in [3.05, 3.63) is 58.9 Å². The Kier molecular flexibility index (Phi) is 7.46. The minimum Gasteiger partial charge on any atom is -0.490 e. The lowest BCUT2D eigenvalue weighted by atomic mass is 9.98. The van der Waals surface area contributed by atoms with Crippen molar-refractivity contribution in [2.24, 2.45) is 0 Å². The van der Waals surface area contributed by atoms with E-state index in [1.54, 1.807) is 12.4 Å². The van der Waals surface area contributed by atoms with Crippen LogP contribution in [0.4, 0.5) is 0 Å². The Morgan fingerprint density at radius 1 is 1.06 bits per heavy atom. The van der Waals surface area contributed by atoms with E-state index in [0.717, 1.165) is 74.6 Å². The second kappa shape index (κ2) is 10.5. The third kappa shape index (κ3) is 5.98. The number of benzene rings is 1. The highest BCUT2D eigenvalue weighted by Gasteiger charge is 2.30. The Bertz CT molecular complexity index is 860. The van der Waals surface area contributed by atoms with Crippen LogP contribution in [-0.4, -0.2) is 59.0 Å². The van der Waals surface area contributed by atoms with E-state index in [4.69, 9.17) is 16.3 Å². The first-order valence-corrected chi connectivity index (χ1v) is 11.8. The lowest BCUT2D eigenvalue weighted by molar-refractivity contribution is -0.132. The zero-order chi connectivity index (χ0) is 21.6. The first-order valence-electron chi connectivity index (χ1n) is 11.4. The summed E-state index contributed by atoms with van der Waals surface area (Å²) in [6.07, 6.45) is 9.45. The standard InChI is InChI=1S/C25H32ClN3O2/c1-19-18-20(2-4-24(19)26)3-5-25(30)29-14-8-21(9-15-29)28-16-10-23(11-17-28)31-22-6-12-27-13-7-22/h2,4,6-7,12-13,18,21,23H,3,5,8-11,14-17H2,1H3. The van der Waals surface area contributed by atoms with Gasteiger partial charge in [0.05, 0.1) is 0 Å². The predicted molar refractivity (Wildman–Crippen MR) is 124 cm³/mol. The molecule has 166 valence electrons. The smallest absolute Gasteiger partial charge is 0.222 e. The first-order chi connectivity index (χ1) is 15.1. The molecule has 0 aliphatic carbocycles. The fraction of sp³-hybridized carbons (Fsp3) is 0.520. The molecule has 2 saturated heterocycles. The van der Waals surface area contributed by atoms with Crippen molar-refractivity contribution in [3.63, 3.8) is 0 Å². The maximum absolute atomic E-state index is 12.7. The molecule has 0 saturated carbocycles. The molecular weight excluding hydrogens is 410 g/mol. The second-order valence-corrected chi connectivity index (χ2v) is 9.14. The molecule has 2 aromatic rings. The van der Waals surface area contributed by atoms with Crippen molar-refractivity contribution in [1.82, 2.24) is 14.8 Å². The van der Waals surface area contributed by atoms with Crippen LogP contribution in [0, 0.1) is 6.92 Å². The molecule has 31 heavy (non-hydrogen) atoms. The van der Waals surface area contributed by atoms with E-state index < -0.39 is 0 Å². The highest BCUT2D eigenvalue weighted by Crippen LogP contribution is 2.24. The van der Waals surface area contributed by atoms with Crippen molar-refractivity contribution >= 4 is 17.5 Å². The van der Waals surface area contributed by atoms with Gasteiger partial charge in [0.15, 0.2) is 0 Å². The molecule has 1 amide bonds. The van der Waals surface area contributed by atoms with Crippen LogP contribution in [0.2, 0.25) is 5.02 Å². The molecular formula is C25H32ClN3O2. The van der Waals surface area contributed by atoms with Crippen LogP contribution in [0.3, 0.4) is 0 Å². The van der Waals surface area contributed by atoms with Crippen molar-refractivity contribution in [1.29, 1.82) is 0 Å². The summed E-state index contributed by atoms with van der Waals surface area (Å²) in [7, 11) is 0. The van der Waals surface area contributed by atoms with E-state index in [9.17, 15) is 4.79 Å². The fourth-order valence-corrected chi connectivity index (χ4v) is 4.84. The monoisotopic (exact) mass is 441 g/mol. The number of halogens is 1. The molecule has 5 nitrogen and oxygen atoms in total. The number of piperidine rings is 2. The lowest BCUT2D eigenvalue weighted by Crippen LogP contribution is -2.50. The van der Waals surface area contributed by atoms with E-state index in [1.165, 1.54) is 5.56 Å².